The lowest BCUT2D eigenvalue weighted by Gasteiger charge is -2.35. The van der Waals surface area contributed by atoms with Gasteiger partial charge in [0, 0.05) is 6.08 Å². The number of aliphatic hydroxyl groups is 2. The van der Waals surface area contributed by atoms with Crippen LogP contribution in [0.15, 0.2) is 60.7 Å². The Bertz CT molecular complexity index is 895. The molecule has 1 aliphatic rings. The molecule has 1 amide bonds. The van der Waals surface area contributed by atoms with Crippen molar-refractivity contribution in [3.63, 3.8) is 0 Å². The van der Waals surface area contributed by atoms with Crippen LogP contribution in [0, 0.1) is 0 Å². The monoisotopic (exact) mass is 383 g/mol. The molecule has 1 fully saturated rings. The molecule has 7 nitrogen and oxygen atoms in total. The van der Waals surface area contributed by atoms with Crippen LogP contribution in [0.4, 0.5) is 0 Å². The van der Waals surface area contributed by atoms with Crippen LogP contribution in [0.2, 0.25) is 0 Å². The van der Waals surface area contributed by atoms with E-state index in [2.05, 4.69) is 0 Å². The summed E-state index contributed by atoms with van der Waals surface area (Å²) in [5.74, 6) is -1.83. The molecule has 1 aliphatic carbocycles. The number of carbonyl (C=O) groups is 2. The molecule has 28 heavy (non-hydrogen) atoms. The minimum Gasteiger partial charge on any atom is -0.508 e. The van der Waals surface area contributed by atoms with E-state index in [0.717, 1.165) is 6.08 Å². The van der Waals surface area contributed by atoms with Gasteiger partial charge in [0.1, 0.15) is 11.4 Å². The number of hydrogen-bond acceptors (Lipinski definition) is 6. The quantitative estimate of drug-likeness (QED) is 0.454. The second kappa shape index (κ2) is 7.46. The summed E-state index contributed by atoms with van der Waals surface area (Å²) in [7, 11) is 0. The van der Waals surface area contributed by atoms with Gasteiger partial charge in [-0.3, -0.25) is 4.79 Å². The number of amides is 1. The number of esters is 1. The second-order valence-corrected chi connectivity index (χ2v) is 6.82. The van der Waals surface area contributed by atoms with Crippen LogP contribution in [-0.2, 0) is 19.9 Å². The molecule has 7 heteroatoms. The Balaban J connectivity index is 1.87. The maximum Gasteiger partial charge on any atom is 0.331 e. The zero-order valence-electron chi connectivity index (χ0n) is 15.0. The van der Waals surface area contributed by atoms with E-state index in [9.17, 15) is 24.9 Å². The van der Waals surface area contributed by atoms with Gasteiger partial charge in [0.25, 0.3) is 5.91 Å². The van der Waals surface area contributed by atoms with Crippen LogP contribution in [0.5, 0.6) is 5.75 Å². The summed E-state index contributed by atoms with van der Waals surface area (Å²) < 4.78 is 5.33. The van der Waals surface area contributed by atoms with Crippen LogP contribution in [0.1, 0.15) is 24.0 Å². The number of phenols is 1. The fraction of sp³-hybridized carbons (Fsp3) is 0.238. The highest BCUT2D eigenvalue weighted by molar-refractivity contribution is 5.89. The molecular formula is C21H21NO6. The van der Waals surface area contributed by atoms with Crippen molar-refractivity contribution >= 4 is 18.0 Å². The fourth-order valence-electron chi connectivity index (χ4n) is 3.41. The van der Waals surface area contributed by atoms with Gasteiger partial charge in [-0.15, -0.1) is 0 Å². The summed E-state index contributed by atoms with van der Waals surface area (Å²) in [4.78, 5) is 24.2. The molecule has 146 valence electrons. The van der Waals surface area contributed by atoms with Gasteiger partial charge < -0.3 is 25.8 Å². The first-order chi connectivity index (χ1) is 13.3. The molecule has 2 aromatic rings. The number of carbonyl (C=O) groups excluding carboxylic acids is 2. The number of ether oxygens (including phenoxy) is 1. The van der Waals surface area contributed by atoms with Crippen LogP contribution < -0.4 is 5.73 Å². The Morgan fingerprint density at radius 2 is 1.68 bits per heavy atom. The van der Waals surface area contributed by atoms with Gasteiger partial charge in [-0.2, -0.15) is 0 Å². The first-order valence-corrected chi connectivity index (χ1v) is 8.73. The van der Waals surface area contributed by atoms with E-state index in [1.807, 2.05) is 0 Å². The molecule has 0 aromatic heterocycles. The third-order valence-corrected chi connectivity index (χ3v) is 4.99. The fourth-order valence-corrected chi connectivity index (χ4v) is 3.41. The highest BCUT2D eigenvalue weighted by Gasteiger charge is 2.62. The highest BCUT2D eigenvalue weighted by atomic mass is 16.6. The third kappa shape index (κ3) is 3.62. The molecule has 0 saturated heterocycles. The molecule has 5 N–H and O–H groups in total. The summed E-state index contributed by atoms with van der Waals surface area (Å²) in [5.41, 5.74) is 2.44. The third-order valence-electron chi connectivity index (χ3n) is 4.99. The summed E-state index contributed by atoms with van der Waals surface area (Å²) in [6.45, 7) is 0. The first kappa shape index (κ1) is 19.6. The van der Waals surface area contributed by atoms with E-state index < -0.39 is 29.2 Å². The summed E-state index contributed by atoms with van der Waals surface area (Å²) >= 11 is 0. The van der Waals surface area contributed by atoms with Crippen molar-refractivity contribution < 1.29 is 29.6 Å². The summed E-state index contributed by atoms with van der Waals surface area (Å²) in [6.07, 6.45) is 0.847. The lowest BCUT2D eigenvalue weighted by Crippen LogP contribution is -2.56. The minimum atomic E-state index is -2.19. The van der Waals surface area contributed by atoms with Gasteiger partial charge in [-0.25, -0.2) is 4.79 Å². The van der Waals surface area contributed by atoms with Gasteiger partial charge >= 0.3 is 5.97 Å². The van der Waals surface area contributed by atoms with Gasteiger partial charge in [-0.05, 0) is 42.2 Å². The molecule has 1 saturated carbocycles. The number of nitrogens with two attached hydrogens (primary N) is 1. The van der Waals surface area contributed by atoms with Crippen molar-refractivity contribution in [3.8, 4) is 5.75 Å². The maximum atomic E-state index is 12.3. The zero-order valence-corrected chi connectivity index (χ0v) is 15.0. The Kier molecular flexibility index (Phi) is 5.22. The van der Waals surface area contributed by atoms with Crippen LogP contribution in [-0.4, -0.2) is 38.9 Å². The average molecular weight is 383 g/mol. The van der Waals surface area contributed by atoms with E-state index in [-0.39, 0.29) is 18.6 Å². The van der Waals surface area contributed by atoms with Crippen molar-refractivity contribution in [2.24, 2.45) is 5.73 Å². The lowest BCUT2D eigenvalue weighted by molar-refractivity contribution is -0.184. The molecule has 0 spiro atoms. The number of primary amides is 1. The minimum absolute atomic E-state index is 0.00389. The highest BCUT2D eigenvalue weighted by Crippen LogP contribution is 2.46. The largest absolute Gasteiger partial charge is 0.508 e. The van der Waals surface area contributed by atoms with Gasteiger partial charge in [0.15, 0.2) is 11.7 Å². The number of benzene rings is 2. The van der Waals surface area contributed by atoms with Crippen LogP contribution in [0.25, 0.3) is 6.08 Å². The molecule has 0 bridgehead atoms. The number of rotatable bonds is 5. The lowest BCUT2D eigenvalue weighted by atomic mass is 9.86. The van der Waals surface area contributed by atoms with Crippen LogP contribution >= 0.6 is 0 Å². The Morgan fingerprint density at radius 1 is 1.04 bits per heavy atom. The molecule has 3 atom stereocenters. The van der Waals surface area contributed by atoms with Gasteiger partial charge in [-0.1, -0.05) is 42.5 Å². The molecule has 0 aliphatic heterocycles. The average Bonchev–Trinajstić information content (AvgIpc) is 2.96. The van der Waals surface area contributed by atoms with Crippen molar-refractivity contribution in [1.29, 1.82) is 0 Å². The smallest absolute Gasteiger partial charge is 0.331 e. The van der Waals surface area contributed by atoms with E-state index >= 15 is 0 Å². The summed E-state index contributed by atoms with van der Waals surface area (Å²) in [6, 6.07) is 14.5. The van der Waals surface area contributed by atoms with Gasteiger partial charge in [0.05, 0.1) is 0 Å². The van der Waals surface area contributed by atoms with E-state index in [1.54, 1.807) is 42.5 Å². The van der Waals surface area contributed by atoms with E-state index in [1.165, 1.54) is 18.2 Å². The molecule has 0 radical (unpaired) electrons. The number of aromatic hydroxyl groups is 1. The van der Waals surface area contributed by atoms with Crippen molar-refractivity contribution in [2.45, 2.75) is 30.1 Å². The normalized spacial score (nSPS) is 27.0. The molecular weight excluding hydrogens is 362 g/mol. The SMILES string of the molecule is NC(=O)[C@]1(O)CC[C@@](O)(c2ccccc2)[C@H]1OC(=O)C=Cc1ccc(O)cc1. The molecule has 2 aromatic carbocycles. The zero-order chi connectivity index (χ0) is 20.4. The van der Waals surface area contributed by atoms with E-state index in [4.69, 9.17) is 10.5 Å². The second-order valence-electron chi connectivity index (χ2n) is 6.82. The number of hydrogen-bond donors (Lipinski definition) is 4. The summed E-state index contributed by atoms with van der Waals surface area (Å²) in [5, 5.41) is 31.2. The molecule has 0 heterocycles. The number of phenolic OH excluding ortho intramolecular Hbond substituents is 1. The predicted molar refractivity (Wildman–Crippen MR) is 101 cm³/mol. The van der Waals surface area contributed by atoms with Crippen molar-refractivity contribution in [1.82, 2.24) is 0 Å². The van der Waals surface area contributed by atoms with Crippen LogP contribution in [0.3, 0.4) is 0 Å². The molecule has 0 unspecified atom stereocenters. The Morgan fingerprint density at radius 3 is 2.29 bits per heavy atom. The Hall–Kier alpha value is -3.16. The van der Waals surface area contributed by atoms with Gasteiger partial charge in [0.2, 0.25) is 0 Å². The van der Waals surface area contributed by atoms with Crippen molar-refractivity contribution in [2.75, 3.05) is 0 Å². The standard InChI is InChI=1S/C21H21NO6/c22-19(25)21(27)13-12-20(26,15-4-2-1-3-5-15)18(21)28-17(24)11-8-14-6-9-16(23)10-7-14/h1-11,18,23,26-27H,12-13H2,(H2,22,25)/t18-,20-,21+/m1/s1. The maximum absolute atomic E-state index is 12.3. The molecule has 3 rings (SSSR count). The first-order valence-electron chi connectivity index (χ1n) is 8.73. The Labute approximate surface area is 161 Å². The predicted octanol–water partition coefficient (Wildman–Crippen LogP) is 1.22. The topological polar surface area (TPSA) is 130 Å². The van der Waals surface area contributed by atoms with Crippen molar-refractivity contribution in [3.05, 3.63) is 71.8 Å². The van der Waals surface area contributed by atoms with E-state index in [0.29, 0.717) is 11.1 Å².